The summed E-state index contributed by atoms with van der Waals surface area (Å²) in [6.45, 7) is 5.90. The van der Waals surface area contributed by atoms with Gasteiger partial charge in [0.15, 0.2) is 0 Å². The monoisotopic (exact) mass is 250 g/mol. The lowest BCUT2D eigenvalue weighted by molar-refractivity contribution is -0.138. The maximum absolute atomic E-state index is 10.9. The molecule has 2 rings (SSSR count). The Morgan fingerprint density at radius 3 is 2.61 bits per heavy atom. The van der Waals surface area contributed by atoms with E-state index in [0.29, 0.717) is 5.92 Å². The topological polar surface area (TPSA) is 66.0 Å². The van der Waals surface area contributed by atoms with E-state index < -0.39 is 11.4 Å². The first kappa shape index (κ1) is 13.1. The predicted molar refractivity (Wildman–Crippen MR) is 69.8 cm³/mol. The number of imidazole rings is 1. The molecule has 1 heterocycles. The van der Waals surface area contributed by atoms with Crippen LogP contribution in [0.4, 0.5) is 0 Å². The van der Waals surface area contributed by atoms with Crippen LogP contribution in [0.3, 0.4) is 0 Å². The van der Waals surface area contributed by atoms with E-state index in [-0.39, 0.29) is 6.42 Å². The van der Waals surface area contributed by atoms with Gasteiger partial charge in [-0.3, -0.25) is 4.79 Å². The van der Waals surface area contributed by atoms with Crippen molar-refractivity contribution in [3.05, 3.63) is 17.2 Å². The molecule has 0 atom stereocenters. The Balaban J connectivity index is 2.24. The number of aryl methyl sites for hydroxylation is 1. The molecule has 1 aromatic rings. The SMILES string of the molecule is Cc1[nH]c(C(C)(C)CC(=O)O)nc1C1CCCC1. The first-order valence-corrected chi connectivity index (χ1v) is 6.69. The van der Waals surface area contributed by atoms with Gasteiger partial charge < -0.3 is 10.1 Å². The number of aromatic amines is 1. The second kappa shape index (κ2) is 4.75. The van der Waals surface area contributed by atoms with Crippen LogP contribution in [0.1, 0.15) is 69.1 Å². The van der Waals surface area contributed by atoms with Gasteiger partial charge in [0, 0.05) is 17.0 Å². The summed E-state index contributed by atoms with van der Waals surface area (Å²) in [5.41, 5.74) is 1.82. The number of hydrogen-bond donors (Lipinski definition) is 2. The summed E-state index contributed by atoms with van der Waals surface area (Å²) in [5.74, 6) is 0.594. The molecule has 4 nitrogen and oxygen atoms in total. The van der Waals surface area contributed by atoms with Gasteiger partial charge in [-0.05, 0) is 19.8 Å². The predicted octanol–water partition coefficient (Wildman–Crippen LogP) is 3.13. The smallest absolute Gasteiger partial charge is 0.304 e. The van der Waals surface area contributed by atoms with Crippen LogP contribution >= 0.6 is 0 Å². The third-order valence-corrected chi connectivity index (χ3v) is 3.90. The fourth-order valence-corrected chi connectivity index (χ4v) is 2.85. The molecule has 4 heteroatoms. The zero-order valence-corrected chi connectivity index (χ0v) is 11.4. The van der Waals surface area contributed by atoms with Crippen molar-refractivity contribution < 1.29 is 9.90 Å². The van der Waals surface area contributed by atoms with Crippen molar-refractivity contribution in [1.82, 2.24) is 9.97 Å². The summed E-state index contributed by atoms with van der Waals surface area (Å²) < 4.78 is 0. The Kier molecular flexibility index (Phi) is 3.46. The molecule has 1 saturated carbocycles. The molecule has 0 unspecified atom stereocenters. The quantitative estimate of drug-likeness (QED) is 0.862. The summed E-state index contributed by atoms with van der Waals surface area (Å²) in [4.78, 5) is 18.9. The van der Waals surface area contributed by atoms with Crippen LogP contribution in [-0.4, -0.2) is 21.0 Å². The highest BCUT2D eigenvalue weighted by atomic mass is 16.4. The van der Waals surface area contributed by atoms with Crippen molar-refractivity contribution >= 4 is 5.97 Å². The molecule has 0 aromatic carbocycles. The standard InChI is InChI=1S/C14H22N2O2/c1-9-12(10-6-4-5-7-10)16-13(15-9)14(2,3)8-11(17)18/h10H,4-8H2,1-3H3,(H,15,16)(H,17,18). The zero-order chi connectivity index (χ0) is 13.3. The molecular weight excluding hydrogens is 228 g/mol. The van der Waals surface area contributed by atoms with Crippen LogP contribution in [0.5, 0.6) is 0 Å². The van der Waals surface area contributed by atoms with Gasteiger partial charge in [-0.15, -0.1) is 0 Å². The second-order valence-corrected chi connectivity index (χ2v) is 6.03. The normalized spacial score (nSPS) is 17.3. The Labute approximate surface area is 108 Å². The number of aromatic nitrogens is 2. The third-order valence-electron chi connectivity index (χ3n) is 3.90. The molecule has 0 saturated heterocycles. The molecule has 1 aliphatic carbocycles. The van der Waals surface area contributed by atoms with Crippen molar-refractivity contribution in [2.45, 2.75) is 64.2 Å². The van der Waals surface area contributed by atoms with Gasteiger partial charge in [0.2, 0.25) is 0 Å². The molecule has 0 aliphatic heterocycles. The van der Waals surface area contributed by atoms with Crippen molar-refractivity contribution in [1.29, 1.82) is 0 Å². The lowest BCUT2D eigenvalue weighted by Gasteiger charge is -2.19. The number of nitrogens with one attached hydrogen (secondary N) is 1. The van der Waals surface area contributed by atoms with Crippen LogP contribution in [0, 0.1) is 6.92 Å². The van der Waals surface area contributed by atoms with Gasteiger partial charge in [0.25, 0.3) is 0 Å². The average Bonchev–Trinajstić information content (AvgIpc) is 2.83. The van der Waals surface area contributed by atoms with Crippen LogP contribution in [0.25, 0.3) is 0 Å². The number of carbonyl (C=O) groups is 1. The van der Waals surface area contributed by atoms with Crippen molar-refractivity contribution in [2.75, 3.05) is 0 Å². The molecule has 1 aromatic heterocycles. The summed E-state index contributed by atoms with van der Waals surface area (Å²) >= 11 is 0. The summed E-state index contributed by atoms with van der Waals surface area (Å²) in [7, 11) is 0. The molecule has 0 bridgehead atoms. The number of carboxylic acid groups (broad SMARTS) is 1. The van der Waals surface area contributed by atoms with E-state index in [4.69, 9.17) is 10.1 Å². The molecular formula is C14H22N2O2. The Bertz CT molecular complexity index is 443. The minimum Gasteiger partial charge on any atom is -0.481 e. The van der Waals surface area contributed by atoms with Crippen molar-refractivity contribution in [3.63, 3.8) is 0 Å². The zero-order valence-electron chi connectivity index (χ0n) is 11.4. The Morgan fingerprint density at radius 2 is 2.06 bits per heavy atom. The highest BCUT2D eigenvalue weighted by Crippen LogP contribution is 2.36. The third kappa shape index (κ3) is 2.57. The van der Waals surface area contributed by atoms with E-state index in [9.17, 15) is 4.79 Å². The summed E-state index contributed by atoms with van der Waals surface area (Å²) in [5, 5.41) is 8.96. The summed E-state index contributed by atoms with van der Waals surface area (Å²) in [6.07, 6.45) is 5.09. The van der Waals surface area contributed by atoms with Crippen molar-refractivity contribution in [2.24, 2.45) is 0 Å². The number of H-pyrrole nitrogens is 1. The number of nitrogens with zero attached hydrogens (tertiary/aromatic N) is 1. The maximum Gasteiger partial charge on any atom is 0.304 e. The molecule has 100 valence electrons. The number of hydrogen-bond acceptors (Lipinski definition) is 2. The highest BCUT2D eigenvalue weighted by Gasteiger charge is 2.30. The van der Waals surface area contributed by atoms with Crippen LogP contribution in [0.2, 0.25) is 0 Å². The van der Waals surface area contributed by atoms with Crippen molar-refractivity contribution in [3.8, 4) is 0 Å². The molecule has 1 fully saturated rings. The minimum absolute atomic E-state index is 0.101. The van der Waals surface area contributed by atoms with Crippen LogP contribution in [-0.2, 0) is 10.2 Å². The lowest BCUT2D eigenvalue weighted by atomic mass is 9.88. The first-order chi connectivity index (χ1) is 8.40. The first-order valence-electron chi connectivity index (χ1n) is 6.69. The fourth-order valence-electron chi connectivity index (χ4n) is 2.85. The molecule has 18 heavy (non-hydrogen) atoms. The number of aliphatic carboxylic acids is 1. The van der Waals surface area contributed by atoms with Crippen LogP contribution in [0.15, 0.2) is 0 Å². The van der Waals surface area contributed by atoms with Gasteiger partial charge in [-0.2, -0.15) is 0 Å². The Morgan fingerprint density at radius 1 is 1.44 bits per heavy atom. The van der Waals surface area contributed by atoms with Gasteiger partial charge in [-0.1, -0.05) is 26.7 Å². The van der Waals surface area contributed by atoms with Gasteiger partial charge in [0.1, 0.15) is 5.82 Å². The van der Waals surface area contributed by atoms with E-state index in [1.54, 1.807) is 0 Å². The molecule has 0 spiro atoms. The molecule has 2 N–H and O–H groups in total. The molecule has 0 radical (unpaired) electrons. The fraction of sp³-hybridized carbons (Fsp3) is 0.714. The van der Waals surface area contributed by atoms with Gasteiger partial charge in [-0.25, -0.2) is 4.98 Å². The molecule has 0 amide bonds. The largest absolute Gasteiger partial charge is 0.481 e. The Hall–Kier alpha value is -1.32. The highest BCUT2D eigenvalue weighted by molar-refractivity contribution is 5.68. The summed E-state index contributed by atoms with van der Waals surface area (Å²) in [6, 6.07) is 0. The average molecular weight is 250 g/mol. The second-order valence-electron chi connectivity index (χ2n) is 6.03. The van der Waals surface area contributed by atoms with E-state index in [1.807, 2.05) is 20.8 Å². The van der Waals surface area contributed by atoms with E-state index >= 15 is 0 Å². The molecule has 1 aliphatic rings. The van der Waals surface area contributed by atoms with E-state index in [2.05, 4.69) is 4.98 Å². The number of rotatable bonds is 4. The van der Waals surface area contributed by atoms with Crippen LogP contribution < -0.4 is 0 Å². The number of carboxylic acids is 1. The van der Waals surface area contributed by atoms with Gasteiger partial charge >= 0.3 is 5.97 Å². The van der Waals surface area contributed by atoms with Gasteiger partial charge in [0.05, 0.1) is 12.1 Å². The maximum atomic E-state index is 10.9. The lowest BCUT2D eigenvalue weighted by Crippen LogP contribution is -2.23. The van der Waals surface area contributed by atoms with E-state index in [1.165, 1.54) is 25.7 Å². The minimum atomic E-state index is -0.781. The van der Waals surface area contributed by atoms with E-state index in [0.717, 1.165) is 17.2 Å².